The zero-order valence-corrected chi connectivity index (χ0v) is 9.15. The topological polar surface area (TPSA) is 38.0 Å². The molecule has 0 aliphatic carbocycles. The van der Waals surface area contributed by atoms with Crippen molar-refractivity contribution >= 4 is 0 Å². The van der Waals surface area contributed by atoms with Crippen LogP contribution in [-0.2, 0) is 7.05 Å². The highest BCUT2D eigenvalue weighted by atomic mass is 16.3. The number of hydrogen-bond acceptors (Lipinski definition) is 2. The largest absolute Gasteiger partial charge is 0.504 e. The third-order valence-electron chi connectivity index (χ3n) is 2.63. The van der Waals surface area contributed by atoms with E-state index in [1.165, 1.54) is 5.56 Å². The zero-order valence-electron chi connectivity index (χ0n) is 9.15. The van der Waals surface area contributed by atoms with Crippen molar-refractivity contribution in [1.29, 1.82) is 0 Å². The number of hydrogen-bond donors (Lipinski definition) is 1. The van der Waals surface area contributed by atoms with E-state index in [1.807, 2.05) is 45.2 Å². The number of aromatic hydroxyl groups is 1. The average molecular weight is 202 g/mol. The van der Waals surface area contributed by atoms with E-state index in [9.17, 15) is 5.11 Å². The normalized spacial score (nSPS) is 10.6. The van der Waals surface area contributed by atoms with Crippen molar-refractivity contribution in [2.24, 2.45) is 7.05 Å². The van der Waals surface area contributed by atoms with Crippen molar-refractivity contribution < 1.29 is 5.11 Å². The standard InChI is InChI=1S/C12H14N2O/c1-8-4-6-10(7-5-8)11-12(15)9(2)14(3)13-11/h4-7,15H,1-3H3. The summed E-state index contributed by atoms with van der Waals surface area (Å²) in [5, 5.41) is 14.1. The van der Waals surface area contributed by atoms with Gasteiger partial charge in [-0.05, 0) is 13.8 Å². The van der Waals surface area contributed by atoms with Gasteiger partial charge in [0, 0.05) is 12.6 Å². The first-order valence-electron chi connectivity index (χ1n) is 4.89. The first-order valence-corrected chi connectivity index (χ1v) is 4.89. The number of aryl methyl sites for hydroxylation is 2. The van der Waals surface area contributed by atoms with Crippen molar-refractivity contribution in [3.8, 4) is 17.0 Å². The van der Waals surface area contributed by atoms with Crippen LogP contribution < -0.4 is 0 Å². The van der Waals surface area contributed by atoms with Crippen LogP contribution in [0.4, 0.5) is 0 Å². The van der Waals surface area contributed by atoms with Crippen LogP contribution in [0, 0.1) is 13.8 Å². The minimum absolute atomic E-state index is 0.265. The van der Waals surface area contributed by atoms with Gasteiger partial charge in [-0.3, -0.25) is 4.68 Å². The summed E-state index contributed by atoms with van der Waals surface area (Å²) < 4.78 is 1.69. The Morgan fingerprint density at radius 2 is 1.73 bits per heavy atom. The molecule has 1 aromatic heterocycles. The Hall–Kier alpha value is -1.77. The van der Waals surface area contributed by atoms with Crippen LogP contribution in [0.2, 0.25) is 0 Å². The monoisotopic (exact) mass is 202 g/mol. The Bertz CT molecular complexity index is 483. The molecule has 2 aromatic rings. The van der Waals surface area contributed by atoms with Crippen molar-refractivity contribution in [3.63, 3.8) is 0 Å². The summed E-state index contributed by atoms with van der Waals surface area (Å²) in [6.07, 6.45) is 0. The number of nitrogens with zero attached hydrogens (tertiary/aromatic N) is 2. The molecule has 0 spiro atoms. The molecule has 0 aliphatic heterocycles. The lowest BCUT2D eigenvalue weighted by Crippen LogP contribution is -1.92. The van der Waals surface area contributed by atoms with Crippen LogP contribution in [0.5, 0.6) is 5.75 Å². The molecule has 1 aromatic carbocycles. The van der Waals surface area contributed by atoms with Gasteiger partial charge in [-0.25, -0.2) is 0 Å². The molecule has 2 rings (SSSR count). The maximum atomic E-state index is 9.86. The predicted octanol–water partition coefficient (Wildman–Crippen LogP) is 2.41. The van der Waals surface area contributed by atoms with E-state index in [4.69, 9.17) is 0 Å². The minimum atomic E-state index is 0.265. The average Bonchev–Trinajstić information content (AvgIpc) is 2.47. The van der Waals surface area contributed by atoms with Gasteiger partial charge < -0.3 is 5.11 Å². The number of benzene rings is 1. The lowest BCUT2D eigenvalue weighted by Gasteiger charge is -1.98. The summed E-state index contributed by atoms with van der Waals surface area (Å²) in [5.41, 5.74) is 3.58. The quantitative estimate of drug-likeness (QED) is 0.771. The van der Waals surface area contributed by atoms with Gasteiger partial charge in [0.05, 0.1) is 5.69 Å². The molecule has 1 N–H and O–H groups in total. The molecule has 78 valence electrons. The third-order valence-corrected chi connectivity index (χ3v) is 2.63. The molecule has 0 aliphatic rings. The molecule has 1 heterocycles. The summed E-state index contributed by atoms with van der Waals surface area (Å²) in [6, 6.07) is 7.96. The van der Waals surface area contributed by atoms with Crippen LogP contribution >= 0.6 is 0 Å². The smallest absolute Gasteiger partial charge is 0.164 e. The van der Waals surface area contributed by atoms with Crippen molar-refractivity contribution in [2.45, 2.75) is 13.8 Å². The van der Waals surface area contributed by atoms with E-state index >= 15 is 0 Å². The second kappa shape index (κ2) is 3.42. The summed E-state index contributed by atoms with van der Waals surface area (Å²) in [4.78, 5) is 0. The van der Waals surface area contributed by atoms with Crippen LogP contribution in [-0.4, -0.2) is 14.9 Å². The van der Waals surface area contributed by atoms with Crippen LogP contribution in [0.25, 0.3) is 11.3 Å². The van der Waals surface area contributed by atoms with Crippen molar-refractivity contribution in [3.05, 3.63) is 35.5 Å². The molecule has 0 atom stereocenters. The molecule has 0 radical (unpaired) electrons. The van der Waals surface area contributed by atoms with Gasteiger partial charge in [0.2, 0.25) is 0 Å². The van der Waals surface area contributed by atoms with E-state index in [-0.39, 0.29) is 5.75 Å². The first-order chi connectivity index (χ1) is 7.09. The lowest BCUT2D eigenvalue weighted by atomic mass is 10.1. The molecular weight excluding hydrogens is 188 g/mol. The maximum Gasteiger partial charge on any atom is 0.164 e. The molecule has 3 nitrogen and oxygen atoms in total. The fourth-order valence-corrected chi connectivity index (χ4v) is 1.50. The van der Waals surface area contributed by atoms with Gasteiger partial charge in [-0.2, -0.15) is 5.10 Å². The van der Waals surface area contributed by atoms with E-state index in [0.717, 1.165) is 11.3 Å². The highest BCUT2D eigenvalue weighted by Gasteiger charge is 2.12. The van der Waals surface area contributed by atoms with Gasteiger partial charge >= 0.3 is 0 Å². The highest BCUT2D eigenvalue weighted by Crippen LogP contribution is 2.30. The second-order valence-electron chi connectivity index (χ2n) is 3.77. The molecule has 0 saturated heterocycles. The molecule has 0 fully saturated rings. The Kier molecular flexibility index (Phi) is 2.23. The number of aromatic nitrogens is 2. The minimum Gasteiger partial charge on any atom is -0.504 e. The summed E-state index contributed by atoms with van der Waals surface area (Å²) in [6.45, 7) is 3.88. The van der Waals surface area contributed by atoms with Gasteiger partial charge in [0.25, 0.3) is 0 Å². The van der Waals surface area contributed by atoms with E-state index in [1.54, 1.807) is 4.68 Å². The Morgan fingerprint density at radius 3 is 2.20 bits per heavy atom. The maximum absolute atomic E-state index is 9.86. The van der Waals surface area contributed by atoms with E-state index in [2.05, 4.69) is 5.10 Å². The molecule has 15 heavy (non-hydrogen) atoms. The molecule has 0 unspecified atom stereocenters. The second-order valence-corrected chi connectivity index (χ2v) is 3.77. The van der Waals surface area contributed by atoms with Gasteiger partial charge in [0.15, 0.2) is 5.75 Å². The van der Waals surface area contributed by atoms with Crippen molar-refractivity contribution in [2.75, 3.05) is 0 Å². The SMILES string of the molecule is Cc1ccc(-c2nn(C)c(C)c2O)cc1. The fourth-order valence-electron chi connectivity index (χ4n) is 1.50. The molecular formula is C12H14N2O. The Morgan fingerprint density at radius 1 is 1.13 bits per heavy atom. The zero-order chi connectivity index (χ0) is 11.0. The molecule has 0 bridgehead atoms. The van der Waals surface area contributed by atoms with Crippen LogP contribution in [0.1, 0.15) is 11.3 Å². The summed E-state index contributed by atoms with van der Waals surface area (Å²) >= 11 is 0. The fraction of sp³-hybridized carbons (Fsp3) is 0.250. The molecule has 0 amide bonds. The van der Waals surface area contributed by atoms with Crippen LogP contribution in [0.15, 0.2) is 24.3 Å². The van der Waals surface area contributed by atoms with E-state index < -0.39 is 0 Å². The highest BCUT2D eigenvalue weighted by molar-refractivity contribution is 5.67. The van der Waals surface area contributed by atoms with E-state index in [0.29, 0.717) is 5.69 Å². The number of rotatable bonds is 1. The van der Waals surface area contributed by atoms with Gasteiger partial charge in [-0.15, -0.1) is 0 Å². The summed E-state index contributed by atoms with van der Waals surface area (Å²) in [5.74, 6) is 0.265. The predicted molar refractivity (Wildman–Crippen MR) is 59.8 cm³/mol. The van der Waals surface area contributed by atoms with Gasteiger partial charge in [0.1, 0.15) is 5.69 Å². The lowest BCUT2D eigenvalue weighted by molar-refractivity contribution is 0.471. The van der Waals surface area contributed by atoms with Crippen molar-refractivity contribution in [1.82, 2.24) is 9.78 Å². The molecule has 3 heteroatoms. The Labute approximate surface area is 89.0 Å². The summed E-state index contributed by atoms with van der Waals surface area (Å²) in [7, 11) is 1.83. The van der Waals surface area contributed by atoms with Gasteiger partial charge in [-0.1, -0.05) is 29.8 Å². The van der Waals surface area contributed by atoms with Crippen LogP contribution in [0.3, 0.4) is 0 Å². The Balaban J connectivity index is 2.54. The molecule has 0 saturated carbocycles. The first kappa shape index (κ1) is 9.77. The third kappa shape index (κ3) is 1.61.